The maximum Gasteiger partial charge on any atom is 0.233 e. The molecule has 7 nitrogen and oxygen atoms in total. The van der Waals surface area contributed by atoms with Crippen molar-refractivity contribution in [2.24, 2.45) is 0 Å². The molecule has 24 heavy (non-hydrogen) atoms. The standard InChI is InChI=1S/C15H24N4O3S2/c1-3-18(12-7-8-24(21,22)10-12)13(20)9-23-15-17-16-14(11-5-6-11)19(15)4-2/h11-12H,3-10H2,1-2H3/t12-/m0/s1. The molecule has 0 aromatic carbocycles. The molecule has 1 atom stereocenters. The summed E-state index contributed by atoms with van der Waals surface area (Å²) in [5.74, 6) is 2.08. The zero-order valence-electron chi connectivity index (χ0n) is 14.1. The van der Waals surface area contributed by atoms with Crippen LogP contribution in [0.25, 0.3) is 0 Å². The first-order chi connectivity index (χ1) is 11.4. The van der Waals surface area contributed by atoms with Crippen LogP contribution in [0, 0.1) is 0 Å². The van der Waals surface area contributed by atoms with Crippen LogP contribution < -0.4 is 0 Å². The highest BCUT2D eigenvalue weighted by molar-refractivity contribution is 7.99. The second-order valence-electron chi connectivity index (χ2n) is 6.38. The van der Waals surface area contributed by atoms with E-state index in [1.165, 1.54) is 24.6 Å². The van der Waals surface area contributed by atoms with Gasteiger partial charge in [0.2, 0.25) is 5.91 Å². The molecule has 2 aliphatic rings. The van der Waals surface area contributed by atoms with Gasteiger partial charge in [-0.2, -0.15) is 0 Å². The summed E-state index contributed by atoms with van der Waals surface area (Å²) < 4.78 is 25.4. The lowest BCUT2D eigenvalue weighted by molar-refractivity contribution is -0.129. The van der Waals surface area contributed by atoms with Gasteiger partial charge in [-0.05, 0) is 33.1 Å². The van der Waals surface area contributed by atoms with Crippen molar-refractivity contribution in [3.63, 3.8) is 0 Å². The Morgan fingerprint density at radius 1 is 1.29 bits per heavy atom. The molecule has 9 heteroatoms. The van der Waals surface area contributed by atoms with E-state index in [-0.39, 0.29) is 29.2 Å². The highest BCUT2D eigenvalue weighted by atomic mass is 32.2. The molecule has 0 unspecified atom stereocenters. The van der Waals surface area contributed by atoms with Gasteiger partial charge in [-0.15, -0.1) is 10.2 Å². The van der Waals surface area contributed by atoms with Crippen molar-refractivity contribution in [3.8, 4) is 0 Å². The van der Waals surface area contributed by atoms with Gasteiger partial charge < -0.3 is 9.47 Å². The summed E-state index contributed by atoms with van der Waals surface area (Å²) in [6, 6.07) is -0.181. The average molecular weight is 373 g/mol. The molecule has 134 valence electrons. The van der Waals surface area contributed by atoms with Crippen LogP contribution in [0.4, 0.5) is 0 Å². The summed E-state index contributed by atoms with van der Waals surface area (Å²) >= 11 is 1.40. The SMILES string of the molecule is CCN(C(=O)CSc1nnc(C2CC2)n1CC)[C@H]1CCS(=O)(=O)C1. The first-order valence-corrected chi connectivity index (χ1v) is 11.3. The minimum Gasteiger partial charge on any atom is -0.338 e. The fourth-order valence-corrected chi connectivity index (χ4v) is 5.84. The van der Waals surface area contributed by atoms with Crippen LogP contribution in [0.5, 0.6) is 0 Å². The number of carbonyl (C=O) groups is 1. The first-order valence-electron chi connectivity index (χ1n) is 8.51. The summed E-state index contributed by atoms with van der Waals surface area (Å²) in [5.41, 5.74) is 0. The van der Waals surface area contributed by atoms with E-state index in [0.717, 1.165) is 17.5 Å². The van der Waals surface area contributed by atoms with E-state index in [9.17, 15) is 13.2 Å². The molecule has 1 amide bonds. The van der Waals surface area contributed by atoms with Crippen molar-refractivity contribution in [2.75, 3.05) is 23.8 Å². The van der Waals surface area contributed by atoms with Gasteiger partial charge in [0.05, 0.1) is 17.3 Å². The van der Waals surface area contributed by atoms with Gasteiger partial charge in [-0.1, -0.05) is 11.8 Å². The maximum absolute atomic E-state index is 12.6. The number of amides is 1. The Morgan fingerprint density at radius 2 is 2.04 bits per heavy atom. The molecular weight excluding hydrogens is 348 g/mol. The van der Waals surface area contributed by atoms with Crippen molar-refractivity contribution < 1.29 is 13.2 Å². The molecule has 2 fully saturated rings. The summed E-state index contributed by atoms with van der Waals surface area (Å²) in [6.45, 7) is 5.29. The lowest BCUT2D eigenvalue weighted by atomic mass is 10.2. The van der Waals surface area contributed by atoms with E-state index < -0.39 is 9.84 Å². The first kappa shape index (κ1) is 17.7. The van der Waals surface area contributed by atoms with Gasteiger partial charge in [-0.25, -0.2) is 8.42 Å². The van der Waals surface area contributed by atoms with Gasteiger partial charge in [0.25, 0.3) is 0 Å². The number of carbonyl (C=O) groups excluding carboxylic acids is 1. The largest absolute Gasteiger partial charge is 0.338 e. The fourth-order valence-electron chi connectivity index (χ4n) is 3.22. The summed E-state index contributed by atoms with van der Waals surface area (Å²) in [7, 11) is -2.99. The third-order valence-corrected chi connectivity index (χ3v) is 7.34. The number of rotatable bonds is 7. The minimum atomic E-state index is -2.99. The topological polar surface area (TPSA) is 85.2 Å². The van der Waals surface area contributed by atoms with Gasteiger partial charge in [0.1, 0.15) is 5.82 Å². The molecule has 1 aliphatic carbocycles. The normalized spacial score (nSPS) is 22.7. The molecule has 3 rings (SSSR count). The Hall–Kier alpha value is -1.09. The van der Waals surface area contributed by atoms with Gasteiger partial charge in [0.15, 0.2) is 15.0 Å². The summed E-state index contributed by atoms with van der Waals surface area (Å²) in [4.78, 5) is 14.3. The Balaban J connectivity index is 1.62. The Morgan fingerprint density at radius 3 is 2.58 bits per heavy atom. The van der Waals surface area contributed by atoms with Crippen LogP contribution in [0.1, 0.15) is 44.9 Å². The van der Waals surface area contributed by atoms with Crippen LogP contribution in [0.2, 0.25) is 0 Å². The van der Waals surface area contributed by atoms with E-state index in [4.69, 9.17) is 0 Å². The average Bonchev–Trinajstić information content (AvgIpc) is 3.21. The number of hydrogen-bond acceptors (Lipinski definition) is 6. The number of aromatic nitrogens is 3. The quantitative estimate of drug-likeness (QED) is 0.671. The maximum atomic E-state index is 12.6. The molecule has 1 saturated carbocycles. The molecule has 1 aromatic heterocycles. The van der Waals surface area contributed by atoms with Crippen LogP contribution in [0.15, 0.2) is 5.16 Å². The van der Waals surface area contributed by atoms with Gasteiger partial charge in [0, 0.05) is 25.0 Å². The predicted octanol–water partition coefficient (Wildman–Crippen LogP) is 1.30. The molecule has 0 N–H and O–H groups in total. The fraction of sp³-hybridized carbons (Fsp3) is 0.800. The van der Waals surface area contributed by atoms with Crippen LogP contribution in [-0.4, -0.2) is 63.8 Å². The molecular formula is C15H24N4O3S2. The second kappa shape index (κ2) is 7.03. The molecule has 1 aromatic rings. The smallest absolute Gasteiger partial charge is 0.233 e. The third-order valence-electron chi connectivity index (χ3n) is 4.64. The van der Waals surface area contributed by atoms with Crippen LogP contribution in [-0.2, 0) is 21.2 Å². The number of sulfone groups is 1. The predicted molar refractivity (Wildman–Crippen MR) is 92.8 cm³/mol. The second-order valence-corrected chi connectivity index (χ2v) is 9.56. The van der Waals surface area contributed by atoms with Crippen molar-refractivity contribution in [3.05, 3.63) is 5.82 Å². The van der Waals surface area contributed by atoms with Crippen molar-refractivity contribution in [1.82, 2.24) is 19.7 Å². The van der Waals surface area contributed by atoms with Crippen molar-refractivity contribution in [1.29, 1.82) is 0 Å². The van der Waals surface area contributed by atoms with Crippen molar-refractivity contribution >= 4 is 27.5 Å². The minimum absolute atomic E-state index is 0.0248. The zero-order valence-corrected chi connectivity index (χ0v) is 15.8. The lowest BCUT2D eigenvalue weighted by Gasteiger charge is -2.26. The number of nitrogens with zero attached hydrogens (tertiary/aromatic N) is 4. The third kappa shape index (κ3) is 3.77. The van der Waals surface area contributed by atoms with E-state index in [2.05, 4.69) is 21.7 Å². The monoisotopic (exact) mass is 372 g/mol. The molecule has 1 saturated heterocycles. The zero-order chi connectivity index (χ0) is 17.3. The van der Waals surface area contributed by atoms with Crippen LogP contribution in [0.3, 0.4) is 0 Å². The van der Waals surface area contributed by atoms with Crippen LogP contribution >= 0.6 is 11.8 Å². The van der Waals surface area contributed by atoms with E-state index in [0.29, 0.717) is 18.9 Å². The number of hydrogen-bond donors (Lipinski definition) is 0. The Kier molecular flexibility index (Phi) is 5.19. The molecule has 2 heterocycles. The molecule has 0 spiro atoms. The Labute approximate surface area is 147 Å². The lowest BCUT2D eigenvalue weighted by Crippen LogP contribution is -2.42. The molecule has 1 aliphatic heterocycles. The van der Waals surface area contributed by atoms with E-state index >= 15 is 0 Å². The van der Waals surface area contributed by atoms with Gasteiger partial charge in [-0.3, -0.25) is 4.79 Å². The highest BCUT2D eigenvalue weighted by Crippen LogP contribution is 2.40. The molecule has 0 bridgehead atoms. The van der Waals surface area contributed by atoms with Gasteiger partial charge >= 0.3 is 0 Å². The van der Waals surface area contributed by atoms with Crippen molar-refractivity contribution in [2.45, 2.75) is 56.8 Å². The highest BCUT2D eigenvalue weighted by Gasteiger charge is 2.34. The summed E-state index contributed by atoms with van der Waals surface area (Å²) in [5, 5.41) is 9.29. The van der Waals surface area contributed by atoms with E-state index in [1.807, 2.05) is 6.92 Å². The van der Waals surface area contributed by atoms with E-state index in [1.54, 1.807) is 4.90 Å². The summed E-state index contributed by atoms with van der Waals surface area (Å²) in [6.07, 6.45) is 2.88. The molecule has 0 radical (unpaired) electrons. The Bertz CT molecular complexity index is 712. The number of thioether (sulfide) groups is 1.